The fourth-order valence-electron chi connectivity index (χ4n) is 5.39. The summed E-state index contributed by atoms with van der Waals surface area (Å²) in [5, 5.41) is 8.33. The van der Waals surface area contributed by atoms with Crippen molar-refractivity contribution in [2.45, 2.75) is 84.3 Å². The summed E-state index contributed by atoms with van der Waals surface area (Å²) in [5.41, 5.74) is -0.153. The third-order valence-corrected chi connectivity index (χ3v) is 7.86. The molecule has 3 N–H and O–H groups in total. The topological polar surface area (TPSA) is 117 Å². The van der Waals surface area contributed by atoms with Crippen molar-refractivity contribution in [3.8, 4) is 5.75 Å². The second-order valence-electron chi connectivity index (χ2n) is 13.1. The smallest absolute Gasteiger partial charge is 0.255 e. The molecular formula is C34H47FN4O5. The van der Waals surface area contributed by atoms with E-state index in [1.165, 1.54) is 6.07 Å². The van der Waals surface area contributed by atoms with E-state index in [0.717, 1.165) is 0 Å². The zero-order valence-corrected chi connectivity index (χ0v) is 26.9. The van der Waals surface area contributed by atoms with Crippen molar-refractivity contribution in [3.63, 3.8) is 0 Å². The molecule has 2 aromatic carbocycles. The Morgan fingerprint density at radius 1 is 1.00 bits per heavy atom. The normalized spacial score (nSPS) is 20.4. The molecule has 2 aromatic rings. The summed E-state index contributed by atoms with van der Waals surface area (Å²) in [6.45, 7) is 11.8. The van der Waals surface area contributed by atoms with Gasteiger partial charge < -0.3 is 25.6 Å². The molecule has 240 valence electrons. The van der Waals surface area contributed by atoms with Gasteiger partial charge in [-0.2, -0.15) is 0 Å². The molecule has 1 aliphatic rings. The van der Waals surface area contributed by atoms with E-state index in [-0.39, 0.29) is 42.5 Å². The molecule has 0 saturated carbocycles. The van der Waals surface area contributed by atoms with Gasteiger partial charge in [-0.25, -0.2) is 4.39 Å². The van der Waals surface area contributed by atoms with Crippen LogP contribution in [0.15, 0.2) is 48.5 Å². The lowest BCUT2D eigenvalue weighted by Gasteiger charge is -2.34. The predicted octanol–water partition coefficient (Wildman–Crippen LogP) is 4.20. The van der Waals surface area contributed by atoms with Gasteiger partial charge in [0.15, 0.2) is 0 Å². The molecule has 0 aliphatic carbocycles. The van der Waals surface area contributed by atoms with Crippen LogP contribution in [0.3, 0.4) is 0 Å². The Morgan fingerprint density at radius 2 is 1.64 bits per heavy atom. The molecule has 10 heteroatoms. The SMILES string of the molecule is CC(C)C[C@H]1COc2ccccc2C(=O)N[C@H](C(=O)NCC(C)(C)c2ccccc2F)CC(=O)N[C@H](CC(C)C)C(=O)N1C. The fraction of sp³-hybridized carbons (Fsp3) is 0.529. The van der Waals surface area contributed by atoms with Gasteiger partial charge in [0.25, 0.3) is 5.91 Å². The number of nitrogens with one attached hydrogen (secondary N) is 3. The number of nitrogens with zero attached hydrogens (tertiary/aromatic N) is 1. The van der Waals surface area contributed by atoms with Gasteiger partial charge in [0.1, 0.15) is 30.3 Å². The van der Waals surface area contributed by atoms with Crippen LogP contribution in [0, 0.1) is 17.7 Å². The summed E-state index contributed by atoms with van der Waals surface area (Å²) in [4.78, 5) is 55.8. The largest absolute Gasteiger partial charge is 0.491 e. The number of para-hydroxylation sites is 1. The van der Waals surface area contributed by atoms with Crippen LogP contribution in [0.4, 0.5) is 4.39 Å². The van der Waals surface area contributed by atoms with Crippen molar-refractivity contribution in [2.24, 2.45) is 11.8 Å². The Labute approximate surface area is 260 Å². The Hall–Kier alpha value is -3.95. The molecule has 0 bridgehead atoms. The summed E-state index contributed by atoms with van der Waals surface area (Å²) in [7, 11) is 1.70. The molecule has 1 heterocycles. The Balaban J connectivity index is 1.94. The molecule has 0 radical (unpaired) electrons. The second-order valence-corrected chi connectivity index (χ2v) is 13.1. The van der Waals surface area contributed by atoms with Crippen LogP contribution in [-0.2, 0) is 19.8 Å². The van der Waals surface area contributed by atoms with E-state index in [9.17, 15) is 23.6 Å². The van der Waals surface area contributed by atoms with E-state index in [2.05, 4.69) is 29.8 Å². The molecule has 0 aromatic heterocycles. The molecule has 0 saturated heterocycles. The molecule has 4 amide bonds. The lowest BCUT2D eigenvalue weighted by molar-refractivity contribution is -0.138. The highest BCUT2D eigenvalue weighted by molar-refractivity contribution is 6.01. The van der Waals surface area contributed by atoms with Gasteiger partial charge in [-0.05, 0) is 48.4 Å². The number of benzene rings is 2. The molecule has 3 rings (SSSR count). The van der Waals surface area contributed by atoms with Crippen LogP contribution in [-0.4, -0.2) is 66.9 Å². The number of ether oxygens (including phenoxy) is 1. The number of rotatable bonds is 8. The number of carbonyl (C=O) groups is 4. The van der Waals surface area contributed by atoms with Gasteiger partial charge >= 0.3 is 0 Å². The van der Waals surface area contributed by atoms with Crippen molar-refractivity contribution in [1.29, 1.82) is 0 Å². The van der Waals surface area contributed by atoms with E-state index < -0.39 is 47.5 Å². The number of hydrogen-bond donors (Lipinski definition) is 3. The molecule has 0 fully saturated rings. The molecule has 1 aliphatic heterocycles. The molecule has 0 unspecified atom stereocenters. The zero-order chi connectivity index (χ0) is 32.6. The molecule has 3 atom stereocenters. The number of carbonyl (C=O) groups excluding carboxylic acids is 4. The first-order chi connectivity index (χ1) is 20.7. The molecule has 9 nitrogen and oxygen atoms in total. The highest BCUT2D eigenvalue weighted by Crippen LogP contribution is 2.25. The minimum Gasteiger partial charge on any atom is -0.491 e. The average Bonchev–Trinajstić information content (AvgIpc) is 2.96. The van der Waals surface area contributed by atoms with Crippen LogP contribution in [0.5, 0.6) is 5.75 Å². The van der Waals surface area contributed by atoms with Gasteiger partial charge in [0.2, 0.25) is 17.7 Å². The fourth-order valence-corrected chi connectivity index (χ4v) is 5.39. The Morgan fingerprint density at radius 3 is 2.30 bits per heavy atom. The van der Waals surface area contributed by atoms with Crippen LogP contribution in [0.25, 0.3) is 0 Å². The molecular weight excluding hydrogens is 563 g/mol. The first-order valence-electron chi connectivity index (χ1n) is 15.3. The van der Waals surface area contributed by atoms with Crippen molar-refractivity contribution in [2.75, 3.05) is 20.2 Å². The summed E-state index contributed by atoms with van der Waals surface area (Å²) >= 11 is 0. The van der Waals surface area contributed by atoms with E-state index in [1.807, 2.05) is 13.8 Å². The summed E-state index contributed by atoms with van der Waals surface area (Å²) in [6.07, 6.45) is 0.652. The van der Waals surface area contributed by atoms with E-state index in [0.29, 0.717) is 24.2 Å². The van der Waals surface area contributed by atoms with Crippen LogP contribution in [0.1, 0.15) is 76.7 Å². The minimum absolute atomic E-state index is 0.0525. The summed E-state index contributed by atoms with van der Waals surface area (Å²) < 4.78 is 20.7. The Kier molecular flexibility index (Phi) is 11.9. The standard InChI is InChI=1S/C34H47FN4O5/c1-21(2)16-23-19-44-29-15-11-8-12-24(29)31(41)38-27(18-30(40)37-28(17-22(3)4)33(43)39(23)7)32(42)36-20-34(5,6)25-13-9-10-14-26(25)35/h8-15,21-23,27-28H,16-20H2,1-7H3,(H,36,42)(H,37,40)(H,38,41)/t23-,27-,28+/m0/s1. The van der Waals surface area contributed by atoms with Gasteiger partial charge in [-0.1, -0.05) is 71.9 Å². The average molecular weight is 611 g/mol. The van der Waals surface area contributed by atoms with Gasteiger partial charge in [-0.15, -0.1) is 0 Å². The van der Waals surface area contributed by atoms with Crippen LogP contribution >= 0.6 is 0 Å². The van der Waals surface area contributed by atoms with Crippen molar-refractivity contribution in [1.82, 2.24) is 20.9 Å². The first-order valence-corrected chi connectivity index (χ1v) is 15.3. The number of hydrogen-bond acceptors (Lipinski definition) is 5. The van der Waals surface area contributed by atoms with Gasteiger partial charge in [0, 0.05) is 19.0 Å². The maximum Gasteiger partial charge on any atom is 0.255 e. The lowest BCUT2D eigenvalue weighted by Crippen LogP contribution is -2.55. The van der Waals surface area contributed by atoms with E-state index in [1.54, 1.807) is 68.3 Å². The third-order valence-electron chi connectivity index (χ3n) is 7.86. The number of halogens is 1. The van der Waals surface area contributed by atoms with Crippen LogP contribution < -0.4 is 20.7 Å². The summed E-state index contributed by atoms with van der Waals surface area (Å²) in [6, 6.07) is 10.6. The van der Waals surface area contributed by atoms with E-state index >= 15 is 0 Å². The highest BCUT2D eigenvalue weighted by Gasteiger charge is 2.34. The van der Waals surface area contributed by atoms with Crippen molar-refractivity contribution >= 4 is 23.6 Å². The monoisotopic (exact) mass is 610 g/mol. The Bertz CT molecular complexity index is 1330. The molecule has 0 spiro atoms. The van der Waals surface area contributed by atoms with Crippen molar-refractivity contribution in [3.05, 3.63) is 65.5 Å². The quantitative estimate of drug-likeness (QED) is 0.414. The first kappa shape index (κ1) is 34.5. The van der Waals surface area contributed by atoms with Crippen LogP contribution in [0.2, 0.25) is 0 Å². The highest BCUT2D eigenvalue weighted by atomic mass is 19.1. The molecule has 44 heavy (non-hydrogen) atoms. The lowest BCUT2D eigenvalue weighted by atomic mass is 9.84. The van der Waals surface area contributed by atoms with E-state index in [4.69, 9.17) is 4.74 Å². The maximum atomic E-state index is 14.5. The minimum atomic E-state index is -1.27. The summed E-state index contributed by atoms with van der Waals surface area (Å²) in [5.74, 6) is -1.71. The maximum absolute atomic E-state index is 14.5. The number of likely N-dealkylation sites (N-methyl/N-ethyl adjacent to an activating group) is 1. The van der Waals surface area contributed by atoms with Gasteiger partial charge in [0.05, 0.1) is 18.0 Å². The van der Waals surface area contributed by atoms with Gasteiger partial charge in [-0.3, -0.25) is 19.2 Å². The number of amides is 4. The second kappa shape index (κ2) is 15.2. The van der Waals surface area contributed by atoms with Crippen molar-refractivity contribution < 1.29 is 28.3 Å². The zero-order valence-electron chi connectivity index (χ0n) is 26.9. The number of fused-ring (bicyclic) bond motifs is 1. The third kappa shape index (κ3) is 9.27. The predicted molar refractivity (Wildman–Crippen MR) is 168 cm³/mol.